The number of unbranched alkanes of at least 4 members (excludes halogenated alkanes) is 2. The van der Waals surface area contributed by atoms with Crippen molar-refractivity contribution in [3.8, 4) is 0 Å². The maximum atomic E-state index is 14.0. The van der Waals surface area contributed by atoms with Crippen LogP contribution in [0.1, 0.15) is 49.3 Å². The van der Waals surface area contributed by atoms with Gasteiger partial charge in [-0.2, -0.15) is 0 Å². The Morgan fingerprint density at radius 1 is 0.776 bits per heavy atom. The van der Waals surface area contributed by atoms with Gasteiger partial charge in [-0.3, -0.25) is 33.5 Å². The average Bonchev–Trinajstić information content (AvgIpc) is 3.06. The molecule has 15 heteroatoms. The first-order valence-electron chi connectivity index (χ1n) is 15.8. The molecule has 3 rings (SSSR count). The largest absolute Gasteiger partial charge is 0.368 e. The van der Waals surface area contributed by atoms with Crippen molar-refractivity contribution in [1.82, 2.24) is 20.1 Å². The van der Waals surface area contributed by atoms with Gasteiger partial charge in [0.15, 0.2) is 0 Å². The minimum atomic E-state index is -4.27. The lowest BCUT2D eigenvalue weighted by atomic mass is 10.1. The summed E-state index contributed by atoms with van der Waals surface area (Å²) >= 11 is 0. The van der Waals surface area contributed by atoms with Gasteiger partial charge in [-0.1, -0.05) is 68.3 Å². The van der Waals surface area contributed by atoms with Crippen molar-refractivity contribution in [1.29, 1.82) is 0 Å². The van der Waals surface area contributed by atoms with Gasteiger partial charge in [-0.05, 0) is 41.3 Å². The summed E-state index contributed by atoms with van der Waals surface area (Å²) in [6, 6.07) is 18.3. The van der Waals surface area contributed by atoms with Crippen LogP contribution in [0.2, 0.25) is 0 Å². The Bertz CT molecular complexity index is 1600. The zero-order valence-corrected chi connectivity index (χ0v) is 28.3. The van der Waals surface area contributed by atoms with Crippen LogP contribution in [0.25, 0.3) is 0 Å². The molecule has 262 valence electrons. The van der Waals surface area contributed by atoms with Crippen LogP contribution in [0.4, 0.5) is 5.69 Å². The summed E-state index contributed by atoms with van der Waals surface area (Å²) in [7, 11) is -4.27. The predicted molar refractivity (Wildman–Crippen MR) is 182 cm³/mol. The number of para-hydroxylation sites is 1. The fraction of sp³-hybridized carbons (Fsp3) is 0.353. The van der Waals surface area contributed by atoms with Gasteiger partial charge in [0.1, 0.15) is 13.1 Å². The number of nitrogens with zero attached hydrogens (tertiary/aromatic N) is 4. The molecule has 0 saturated carbocycles. The molecule has 0 aliphatic rings. The number of carbonyl (C=O) groups is 5. The molecular formula is C34H43N6O8P. The number of hydrogen-bond donors (Lipinski definition) is 4. The molecule has 0 bridgehead atoms. The second-order valence-electron chi connectivity index (χ2n) is 11.5. The number of nitrogens with one attached hydrogen (secondary N) is 1. The van der Waals surface area contributed by atoms with Gasteiger partial charge in [0.05, 0.1) is 19.3 Å². The van der Waals surface area contributed by atoms with Crippen LogP contribution in [-0.2, 0) is 47.8 Å². The second kappa shape index (κ2) is 19.2. The molecule has 2 aromatic carbocycles. The standard InChI is InChI=1S/C34H43N6O8P/c1-2-3-5-12-32(43)39(20-26-13-15-27(16-14-26)25-49(46,47)48)23-34(45)40(29-10-6-4-7-11-29)24-33(44)38(21-28-9-8-17-36-18-28)22-31(42)37-19-30(35)41/h4,6-11,13-18H,2-3,5,12,19-25H2,1H3,(H2,35,41)(H,37,42)(H2,46,47,48). The number of rotatable bonds is 19. The van der Waals surface area contributed by atoms with Gasteiger partial charge in [0, 0.05) is 37.6 Å². The minimum absolute atomic E-state index is 0.00641. The molecule has 1 heterocycles. The highest BCUT2D eigenvalue weighted by atomic mass is 31.2. The third-order valence-electron chi connectivity index (χ3n) is 7.36. The van der Waals surface area contributed by atoms with Crippen LogP contribution < -0.4 is 16.0 Å². The highest BCUT2D eigenvalue weighted by Crippen LogP contribution is 2.39. The summed E-state index contributed by atoms with van der Waals surface area (Å²) < 4.78 is 11.4. The Labute approximate surface area is 285 Å². The van der Waals surface area contributed by atoms with Crippen LogP contribution >= 0.6 is 7.60 Å². The lowest BCUT2D eigenvalue weighted by Crippen LogP contribution is -2.49. The summed E-state index contributed by atoms with van der Waals surface area (Å²) in [5.41, 5.74) is 7.27. The fourth-order valence-electron chi connectivity index (χ4n) is 4.90. The smallest absolute Gasteiger partial charge is 0.329 e. The highest BCUT2D eigenvalue weighted by Gasteiger charge is 2.27. The number of amides is 5. The van der Waals surface area contributed by atoms with Crippen molar-refractivity contribution in [2.45, 2.75) is 51.9 Å². The average molecular weight is 695 g/mol. The van der Waals surface area contributed by atoms with E-state index in [2.05, 4.69) is 10.3 Å². The minimum Gasteiger partial charge on any atom is -0.368 e. The van der Waals surface area contributed by atoms with E-state index < -0.39 is 57.0 Å². The molecule has 5 N–H and O–H groups in total. The molecule has 0 atom stereocenters. The number of carbonyl (C=O) groups excluding carboxylic acids is 5. The Balaban J connectivity index is 1.87. The van der Waals surface area contributed by atoms with Gasteiger partial charge < -0.3 is 35.5 Å². The summed E-state index contributed by atoms with van der Waals surface area (Å²) in [6.45, 7) is 0.415. The number of hydrogen-bond acceptors (Lipinski definition) is 7. The van der Waals surface area contributed by atoms with E-state index in [1.807, 2.05) is 6.92 Å². The number of benzene rings is 2. The summed E-state index contributed by atoms with van der Waals surface area (Å²) in [5.74, 6) is -2.74. The van der Waals surface area contributed by atoms with Crippen molar-refractivity contribution in [3.63, 3.8) is 0 Å². The number of primary amides is 1. The molecule has 49 heavy (non-hydrogen) atoms. The van der Waals surface area contributed by atoms with E-state index >= 15 is 0 Å². The first-order chi connectivity index (χ1) is 23.3. The van der Waals surface area contributed by atoms with Crippen molar-refractivity contribution >= 4 is 42.8 Å². The number of anilines is 1. The van der Waals surface area contributed by atoms with E-state index in [0.717, 1.165) is 12.8 Å². The van der Waals surface area contributed by atoms with Crippen molar-refractivity contribution in [2.75, 3.05) is 31.1 Å². The number of pyridine rings is 1. The van der Waals surface area contributed by atoms with Gasteiger partial charge >= 0.3 is 7.60 Å². The molecule has 0 aliphatic carbocycles. The topological polar surface area (TPSA) is 204 Å². The van der Waals surface area contributed by atoms with Crippen molar-refractivity contribution in [2.24, 2.45) is 5.73 Å². The van der Waals surface area contributed by atoms with Gasteiger partial charge in [0.25, 0.3) is 0 Å². The molecule has 3 aromatic rings. The first kappa shape index (κ1) is 38.5. The zero-order valence-electron chi connectivity index (χ0n) is 27.4. The molecule has 14 nitrogen and oxygen atoms in total. The Morgan fingerprint density at radius 2 is 1.43 bits per heavy atom. The molecule has 0 unspecified atom stereocenters. The van der Waals surface area contributed by atoms with E-state index in [9.17, 15) is 38.3 Å². The quantitative estimate of drug-likeness (QED) is 0.107. The maximum absolute atomic E-state index is 14.0. The van der Waals surface area contributed by atoms with Crippen molar-refractivity contribution < 1.29 is 38.3 Å². The molecule has 0 saturated heterocycles. The van der Waals surface area contributed by atoms with Gasteiger partial charge in [-0.25, -0.2) is 0 Å². The predicted octanol–water partition coefficient (Wildman–Crippen LogP) is 2.33. The molecule has 0 fully saturated rings. The molecule has 5 amide bonds. The van der Waals surface area contributed by atoms with Crippen LogP contribution in [0.3, 0.4) is 0 Å². The van der Waals surface area contributed by atoms with E-state index in [4.69, 9.17) is 5.73 Å². The molecular weight excluding hydrogens is 651 g/mol. The molecule has 0 aliphatic heterocycles. The lowest BCUT2D eigenvalue weighted by Gasteiger charge is -2.30. The number of nitrogens with two attached hydrogens (primary N) is 1. The van der Waals surface area contributed by atoms with E-state index in [-0.39, 0.29) is 32.0 Å². The summed E-state index contributed by atoms with van der Waals surface area (Å²) in [6.07, 6.45) is 5.25. The summed E-state index contributed by atoms with van der Waals surface area (Å²) in [4.78, 5) is 91.7. The number of aromatic nitrogens is 1. The SMILES string of the molecule is CCCCCC(=O)N(CC(=O)N(CC(=O)N(CC(=O)NCC(N)=O)Cc1cccnc1)c1ccccc1)Cc1ccc(CP(=O)(O)O)cc1. The van der Waals surface area contributed by atoms with Gasteiger partial charge in [-0.15, -0.1) is 0 Å². The Kier molecular flexibility index (Phi) is 15.1. The van der Waals surface area contributed by atoms with Crippen molar-refractivity contribution in [3.05, 3.63) is 95.8 Å². The Hall–Kier alpha value is -4.91. The second-order valence-corrected chi connectivity index (χ2v) is 13.2. The Morgan fingerprint density at radius 3 is 2.04 bits per heavy atom. The third kappa shape index (κ3) is 14.0. The highest BCUT2D eigenvalue weighted by molar-refractivity contribution is 7.50. The maximum Gasteiger partial charge on any atom is 0.329 e. The van der Waals surface area contributed by atoms with E-state index in [1.54, 1.807) is 79.1 Å². The molecule has 1 aromatic heterocycles. The third-order valence-corrected chi connectivity index (χ3v) is 8.14. The molecule has 0 radical (unpaired) electrons. The lowest BCUT2D eigenvalue weighted by molar-refractivity contribution is -0.137. The van der Waals surface area contributed by atoms with Crippen LogP contribution in [-0.4, -0.2) is 80.3 Å². The van der Waals surface area contributed by atoms with Crippen LogP contribution in [0.15, 0.2) is 79.1 Å². The molecule has 0 spiro atoms. The van der Waals surface area contributed by atoms with Crippen LogP contribution in [0, 0.1) is 0 Å². The summed E-state index contributed by atoms with van der Waals surface area (Å²) in [5, 5.41) is 2.37. The van der Waals surface area contributed by atoms with Gasteiger partial charge in [0.2, 0.25) is 29.5 Å². The zero-order chi connectivity index (χ0) is 35.8. The first-order valence-corrected chi connectivity index (χ1v) is 17.6. The monoisotopic (exact) mass is 694 g/mol. The normalized spacial score (nSPS) is 11.0. The van der Waals surface area contributed by atoms with Crippen LogP contribution in [0.5, 0.6) is 0 Å². The fourth-order valence-corrected chi connectivity index (χ4v) is 5.59. The van der Waals surface area contributed by atoms with E-state index in [1.165, 1.54) is 14.7 Å². The van der Waals surface area contributed by atoms with E-state index in [0.29, 0.717) is 28.8 Å².